The van der Waals surface area contributed by atoms with Gasteiger partial charge in [-0.1, -0.05) is 6.92 Å². The monoisotopic (exact) mass is 197 g/mol. The Labute approximate surface area is 83.1 Å². The Kier molecular flexibility index (Phi) is 3.50. The maximum Gasteiger partial charge on any atom is 0.328 e. The Bertz CT molecular complexity index is 309. The number of ether oxygens (including phenoxy) is 1. The summed E-state index contributed by atoms with van der Waals surface area (Å²) in [4.78, 5) is 11.2. The van der Waals surface area contributed by atoms with Gasteiger partial charge < -0.3 is 10.1 Å². The van der Waals surface area contributed by atoms with E-state index in [9.17, 15) is 4.79 Å². The summed E-state index contributed by atoms with van der Waals surface area (Å²) in [6.45, 7) is 1.92. The Morgan fingerprint density at radius 1 is 1.79 bits per heavy atom. The van der Waals surface area contributed by atoms with E-state index in [4.69, 9.17) is 0 Å². The van der Waals surface area contributed by atoms with E-state index in [1.54, 1.807) is 10.9 Å². The lowest BCUT2D eigenvalue weighted by molar-refractivity contribution is -0.141. The number of hydrogen-bond donors (Lipinski definition) is 1. The first kappa shape index (κ1) is 10.6. The molecular formula is C9H15N3O2. The van der Waals surface area contributed by atoms with Gasteiger partial charge in [0.1, 0.15) is 6.04 Å². The van der Waals surface area contributed by atoms with Crippen molar-refractivity contribution >= 4 is 11.7 Å². The maximum atomic E-state index is 11.2. The van der Waals surface area contributed by atoms with Gasteiger partial charge in [0.15, 0.2) is 0 Å². The van der Waals surface area contributed by atoms with Crippen molar-refractivity contribution < 1.29 is 9.53 Å². The summed E-state index contributed by atoms with van der Waals surface area (Å²) >= 11 is 0. The standard InChI is InChI=1S/C9H15N3O2/c1-4-8(9(13)14-3)11-7-5-10-12(2)6-7/h5-6,8,11H,4H2,1-3H3. The van der Waals surface area contributed by atoms with Gasteiger partial charge in [-0.3, -0.25) is 4.68 Å². The molecule has 0 bridgehead atoms. The zero-order valence-corrected chi connectivity index (χ0v) is 8.65. The molecule has 1 rings (SSSR count). The van der Waals surface area contributed by atoms with Crippen LogP contribution in [0.3, 0.4) is 0 Å². The summed E-state index contributed by atoms with van der Waals surface area (Å²) in [5.41, 5.74) is 0.824. The van der Waals surface area contributed by atoms with Crippen LogP contribution in [-0.4, -0.2) is 28.9 Å². The molecule has 0 amide bonds. The number of nitrogens with zero attached hydrogens (tertiary/aromatic N) is 2. The first-order valence-corrected chi connectivity index (χ1v) is 4.50. The Morgan fingerprint density at radius 3 is 2.93 bits per heavy atom. The summed E-state index contributed by atoms with van der Waals surface area (Å²) in [7, 11) is 3.21. The SMILES string of the molecule is CCC(Nc1cnn(C)c1)C(=O)OC. The number of aryl methyl sites for hydroxylation is 1. The van der Waals surface area contributed by atoms with E-state index < -0.39 is 0 Å². The van der Waals surface area contributed by atoms with Crippen molar-refractivity contribution in [3.05, 3.63) is 12.4 Å². The fourth-order valence-electron chi connectivity index (χ4n) is 1.17. The minimum Gasteiger partial charge on any atom is -0.467 e. The van der Waals surface area contributed by atoms with Crippen LogP contribution in [0.25, 0.3) is 0 Å². The predicted octanol–water partition coefficient (Wildman–Crippen LogP) is 0.784. The lowest BCUT2D eigenvalue weighted by Gasteiger charge is -2.13. The molecule has 1 N–H and O–H groups in total. The second-order valence-corrected chi connectivity index (χ2v) is 3.03. The van der Waals surface area contributed by atoms with Gasteiger partial charge in [0.2, 0.25) is 0 Å². The Hall–Kier alpha value is -1.52. The van der Waals surface area contributed by atoms with Crippen molar-refractivity contribution in [1.82, 2.24) is 9.78 Å². The molecule has 1 atom stereocenters. The van der Waals surface area contributed by atoms with E-state index in [0.717, 1.165) is 5.69 Å². The lowest BCUT2D eigenvalue weighted by atomic mass is 10.2. The highest BCUT2D eigenvalue weighted by atomic mass is 16.5. The van der Waals surface area contributed by atoms with Gasteiger partial charge in [0, 0.05) is 13.2 Å². The smallest absolute Gasteiger partial charge is 0.328 e. The molecule has 1 aromatic heterocycles. The second kappa shape index (κ2) is 4.64. The molecule has 0 aliphatic carbocycles. The molecule has 0 aromatic carbocycles. The van der Waals surface area contributed by atoms with Crippen LogP contribution < -0.4 is 5.32 Å². The minimum atomic E-state index is -0.302. The van der Waals surface area contributed by atoms with Gasteiger partial charge in [-0.05, 0) is 6.42 Å². The molecule has 5 heteroatoms. The number of hydrogen-bond acceptors (Lipinski definition) is 4. The molecule has 0 saturated heterocycles. The quantitative estimate of drug-likeness (QED) is 0.725. The van der Waals surface area contributed by atoms with Gasteiger partial charge in [-0.15, -0.1) is 0 Å². The van der Waals surface area contributed by atoms with Gasteiger partial charge in [-0.2, -0.15) is 5.10 Å². The molecule has 1 heterocycles. The first-order chi connectivity index (χ1) is 6.67. The van der Waals surface area contributed by atoms with Crippen molar-refractivity contribution in [3.63, 3.8) is 0 Å². The summed E-state index contributed by atoms with van der Waals surface area (Å²) in [5.74, 6) is -0.253. The number of nitrogens with one attached hydrogen (secondary N) is 1. The number of esters is 1. The maximum absolute atomic E-state index is 11.2. The second-order valence-electron chi connectivity index (χ2n) is 3.03. The number of carbonyl (C=O) groups excluding carboxylic acids is 1. The summed E-state index contributed by atoms with van der Waals surface area (Å²) in [6.07, 6.45) is 4.17. The van der Waals surface area contributed by atoms with Crippen LogP contribution in [0.4, 0.5) is 5.69 Å². The molecular weight excluding hydrogens is 182 g/mol. The molecule has 0 aliphatic heterocycles. The average molecular weight is 197 g/mol. The third-order valence-electron chi connectivity index (χ3n) is 1.94. The highest BCUT2D eigenvalue weighted by Crippen LogP contribution is 2.08. The number of anilines is 1. The van der Waals surface area contributed by atoms with Gasteiger partial charge in [0.05, 0.1) is 19.0 Å². The average Bonchev–Trinajstić information content (AvgIpc) is 2.59. The molecule has 0 saturated carbocycles. The first-order valence-electron chi connectivity index (χ1n) is 4.50. The topological polar surface area (TPSA) is 56.2 Å². The number of methoxy groups -OCH3 is 1. The largest absolute Gasteiger partial charge is 0.467 e. The molecule has 78 valence electrons. The predicted molar refractivity (Wildman–Crippen MR) is 52.9 cm³/mol. The van der Waals surface area contributed by atoms with Crippen LogP contribution >= 0.6 is 0 Å². The molecule has 5 nitrogen and oxygen atoms in total. The van der Waals surface area contributed by atoms with Gasteiger partial charge >= 0.3 is 5.97 Å². The highest BCUT2D eigenvalue weighted by Gasteiger charge is 2.16. The van der Waals surface area contributed by atoms with Crippen molar-refractivity contribution in [2.75, 3.05) is 12.4 Å². The summed E-state index contributed by atoms with van der Waals surface area (Å²) in [5, 5.41) is 7.03. The third kappa shape index (κ3) is 2.48. The number of aromatic nitrogens is 2. The van der Waals surface area contributed by atoms with E-state index >= 15 is 0 Å². The fraction of sp³-hybridized carbons (Fsp3) is 0.556. The van der Waals surface area contributed by atoms with Crippen molar-refractivity contribution in [3.8, 4) is 0 Å². The minimum absolute atomic E-state index is 0.253. The summed E-state index contributed by atoms with van der Waals surface area (Å²) < 4.78 is 6.33. The molecule has 0 fully saturated rings. The molecule has 1 aromatic rings. The van der Waals surface area contributed by atoms with E-state index in [1.807, 2.05) is 20.2 Å². The van der Waals surface area contributed by atoms with Crippen molar-refractivity contribution in [1.29, 1.82) is 0 Å². The number of carbonyl (C=O) groups is 1. The Balaban J connectivity index is 2.61. The van der Waals surface area contributed by atoms with Crippen molar-refractivity contribution in [2.24, 2.45) is 7.05 Å². The molecule has 0 radical (unpaired) electrons. The zero-order chi connectivity index (χ0) is 10.6. The van der Waals surface area contributed by atoms with E-state index in [1.165, 1.54) is 7.11 Å². The molecule has 0 aliphatic rings. The van der Waals surface area contributed by atoms with E-state index in [0.29, 0.717) is 6.42 Å². The van der Waals surface area contributed by atoms with Crippen LogP contribution in [0.15, 0.2) is 12.4 Å². The molecule has 0 spiro atoms. The highest BCUT2D eigenvalue weighted by molar-refractivity contribution is 5.78. The lowest BCUT2D eigenvalue weighted by Crippen LogP contribution is -2.29. The van der Waals surface area contributed by atoms with E-state index in [2.05, 4.69) is 15.2 Å². The van der Waals surface area contributed by atoms with Crippen LogP contribution in [0, 0.1) is 0 Å². The number of rotatable bonds is 4. The third-order valence-corrected chi connectivity index (χ3v) is 1.94. The molecule has 1 unspecified atom stereocenters. The molecule has 14 heavy (non-hydrogen) atoms. The van der Waals surface area contributed by atoms with E-state index in [-0.39, 0.29) is 12.0 Å². The zero-order valence-electron chi connectivity index (χ0n) is 8.65. The Morgan fingerprint density at radius 2 is 2.50 bits per heavy atom. The van der Waals surface area contributed by atoms with Crippen molar-refractivity contribution in [2.45, 2.75) is 19.4 Å². The van der Waals surface area contributed by atoms with Gasteiger partial charge in [0.25, 0.3) is 0 Å². The normalized spacial score (nSPS) is 12.2. The fourth-order valence-corrected chi connectivity index (χ4v) is 1.17. The van der Waals surface area contributed by atoms with Crippen LogP contribution in [0.5, 0.6) is 0 Å². The van der Waals surface area contributed by atoms with Crippen LogP contribution in [-0.2, 0) is 16.6 Å². The van der Waals surface area contributed by atoms with Gasteiger partial charge in [-0.25, -0.2) is 4.79 Å². The van der Waals surface area contributed by atoms with Crippen LogP contribution in [0.1, 0.15) is 13.3 Å². The van der Waals surface area contributed by atoms with Crippen LogP contribution in [0.2, 0.25) is 0 Å². The summed E-state index contributed by atoms with van der Waals surface area (Å²) in [6, 6.07) is -0.302.